The first kappa shape index (κ1) is 13.0. The fraction of sp³-hybridized carbons (Fsp3) is 0.154. The summed E-state index contributed by atoms with van der Waals surface area (Å²) in [5.74, 6) is 0.600. The Labute approximate surface area is 116 Å². The van der Waals surface area contributed by atoms with Crippen molar-refractivity contribution in [1.82, 2.24) is 4.98 Å². The van der Waals surface area contributed by atoms with E-state index in [0.717, 1.165) is 11.4 Å². The molecule has 0 radical (unpaired) electrons. The van der Waals surface area contributed by atoms with Gasteiger partial charge in [0.1, 0.15) is 0 Å². The van der Waals surface area contributed by atoms with E-state index in [1.165, 1.54) is 0 Å². The molecule has 1 aromatic carbocycles. The van der Waals surface area contributed by atoms with Crippen LogP contribution >= 0.6 is 23.2 Å². The number of rotatable bonds is 4. The average molecular weight is 283 g/mol. The molecule has 0 atom stereocenters. The number of aromatic nitrogens is 1. The van der Waals surface area contributed by atoms with E-state index in [1.807, 2.05) is 24.3 Å². The minimum absolute atomic E-state index is 0.528. The first-order valence-corrected chi connectivity index (χ1v) is 6.13. The number of pyridine rings is 1. The molecule has 0 saturated heterocycles. The molecule has 0 spiro atoms. The van der Waals surface area contributed by atoms with Crippen molar-refractivity contribution in [2.24, 2.45) is 0 Å². The Balaban J connectivity index is 2.04. The Morgan fingerprint density at radius 2 is 2.00 bits per heavy atom. The van der Waals surface area contributed by atoms with Gasteiger partial charge in [-0.2, -0.15) is 0 Å². The monoisotopic (exact) mass is 282 g/mol. The highest BCUT2D eigenvalue weighted by molar-refractivity contribution is 6.42. The molecule has 0 fully saturated rings. The Morgan fingerprint density at radius 1 is 1.17 bits per heavy atom. The van der Waals surface area contributed by atoms with Crippen molar-refractivity contribution < 1.29 is 4.74 Å². The molecule has 1 N–H and O–H groups in total. The molecular formula is C13H12Cl2N2O. The summed E-state index contributed by atoms with van der Waals surface area (Å²) in [6, 6.07) is 11.0. The molecule has 1 heterocycles. The number of hydrogen-bond donors (Lipinski definition) is 1. The highest BCUT2D eigenvalue weighted by Gasteiger charge is 2.01. The molecule has 0 unspecified atom stereocenters. The van der Waals surface area contributed by atoms with Crippen LogP contribution in [0.4, 0.5) is 5.69 Å². The highest BCUT2D eigenvalue weighted by atomic mass is 35.5. The van der Waals surface area contributed by atoms with E-state index >= 15 is 0 Å². The average Bonchev–Trinajstić information content (AvgIpc) is 2.40. The van der Waals surface area contributed by atoms with Gasteiger partial charge >= 0.3 is 0 Å². The van der Waals surface area contributed by atoms with Gasteiger partial charge in [0, 0.05) is 11.8 Å². The van der Waals surface area contributed by atoms with Gasteiger partial charge in [-0.25, -0.2) is 4.98 Å². The lowest BCUT2D eigenvalue weighted by atomic mass is 10.3. The molecular weight excluding hydrogens is 271 g/mol. The van der Waals surface area contributed by atoms with Crippen molar-refractivity contribution in [3.05, 3.63) is 52.1 Å². The number of hydrogen-bond acceptors (Lipinski definition) is 3. The van der Waals surface area contributed by atoms with Crippen molar-refractivity contribution in [2.45, 2.75) is 6.54 Å². The summed E-state index contributed by atoms with van der Waals surface area (Å²) in [5.41, 5.74) is 1.79. The van der Waals surface area contributed by atoms with Crippen LogP contribution in [-0.2, 0) is 6.54 Å². The van der Waals surface area contributed by atoms with Gasteiger partial charge in [-0.05, 0) is 24.3 Å². The van der Waals surface area contributed by atoms with Gasteiger partial charge < -0.3 is 10.1 Å². The molecule has 0 aliphatic heterocycles. The summed E-state index contributed by atoms with van der Waals surface area (Å²) in [5, 5.41) is 4.29. The lowest BCUT2D eigenvalue weighted by molar-refractivity contribution is 0.396. The molecule has 2 aromatic rings. The second kappa shape index (κ2) is 5.94. The Morgan fingerprint density at radius 3 is 2.72 bits per heavy atom. The smallest absolute Gasteiger partial charge is 0.213 e. The van der Waals surface area contributed by atoms with Gasteiger partial charge in [-0.1, -0.05) is 29.3 Å². The van der Waals surface area contributed by atoms with Crippen LogP contribution in [0.3, 0.4) is 0 Å². The maximum Gasteiger partial charge on any atom is 0.213 e. The highest BCUT2D eigenvalue weighted by Crippen LogP contribution is 2.25. The van der Waals surface area contributed by atoms with Crippen LogP contribution in [0.1, 0.15) is 5.69 Å². The Hall–Kier alpha value is -1.45. The first-order valence-electron chi connectivity index (χ1n) is 5.38. The van der Waals surface area contributed by atoms with Crippen molar-refractivity contribution >= 4 is 28.9 Å². The lowest BCUT2D eigenvalue weighted by Gasteiger charge is -2.08. The van der Waals surface area contributed by atoms with E-state index in [0.29, 0.717) is 22.5 Å². The molecule has 0 amide bonds. The predicted molar refractivity (Wildman–Crippen MR) is 74.6 cm³/mol. The van der Waals surface area contributed by atoms with Gasteiger partial charge in [0.25, 0.3) is 0 Å². The van der Waals surface area contributed by atoms with Crippen molar-refractivity contribution in [3.8, 4) is 5.88 Å². The number of ether oxygens (including phenoxy) is 1. The first-order chi connectivity index (χ1) is 8.69. The van der Waals surface area contributed by atoms with E-state index in [4.69, 9.17) is 27.9 Å². The second-order valence-corrected chi connectivity index (χ2v) is 4.47. The number of methoxy groups -OCH3 is 1. The van der Waals surface area contributed by atoms with Gasteiger partial charge in [0.05, 0.1) is 29.4 Å². The topological polar surface area (TPSA) is 34.1 Å². The lowest BCUT2D eigenvalue weighted by Crippen LogP contribution is -2.02. The number of anilines is 1. The van der Waals surface area contributed by atoms with Crippen molar-refractivity contribution in [2.75, 3.05) is 12.4 Å². The summed E-state index contributed by atoms with van der Waals surface area (Å²) in [4.78, 5) is 4.30. The predicted octanol–water partition coefficient (Wildman–Crippen LogP) is 4.01. The van der Waals surface area contributed by atoms with Crippen LogP contribution in [-0.4, -0.2) is 12.1 Å². The van der Waals surface area contributed by atoms with Gasteiger partial charge in [0.2, 0.25) is 5.88 Å². The quantitative estimate of drug-likeness (QED) is 0.920. The van der Waals surface area contributed by atoms with E-state index < -0.39 is 0 Å². The molecule has 94 valence electrons. The second-order valence-electron chi connectivity index (χ2n) is 3.65. The third-order valence-electron chi connectivity index (χ3n) is 2.38. The molecule has 0 aliphatic rings. The summed E-state index contributed by atoms with van der Waals surface area (Å²) >= 11 is 11.8. The van der Waals surface area contributed by atoms with Crippen LogP contribution < -0.4 is 10.1 Å². The molecule has 1 aromatic heterocycles. The van der Waals surface area contributed by atoms with Crippen molar-refractivity contribution in [1.29, 1.82) is 0 Å². The summed E-state index contributed by atoms with van der Waals surface area (Å²) in [6.45, 7) is 0.592. The molecule has 5 heteroatoms. The molecule has 0 saturated carbocycles. The minimum Gasteiger partial charge on any atom is -0.481 e. The zero-order valence-corrected chi connectivity index (χ0v) is 11.3. The van der Waals surface area contributed by atoms with Gasteiger partial charge in [0.15, 0.2) is 0 Å². The van der Waals surface area contributed by atoms with Crippen LogP contribution in [0.25, 0.3) is 0 Å². The van der Waals surface area contributed by atoms with Gasteiger partial charge in [-0.3, -0.25) is 0 Å². The largest absolute Gasteiger partial charge is 0.481 e. The number of nitrogens with zero attached hydrogens (tertiary/aromatic N) is 1. The molecule has 3 nitrogen and oxygen atoms in total. The molecule has 0 bridgehead atoms. The molecule has 2 rings (SSSR count). The van der Waals surface area contributed by atoms with E-state index in [2.05, 4.69) is 10.3 Å². The number of nitrogens with one attached hydrogen (secondary N) is 1. The number of halogens is 2. The minimum atomic E-state index is 0.528. The summed E-state index contributed by atoms with van der Waals surface area (Å²) in [6.07, 6.45) is 0. The SMILES string of the molecule is COc1cccc(CNc2ccc(Cl)c(Cl)c2)n1. The fourth-order valence-electron chi connectivity index (χ4n) is 1.47. The van der Waals surface area contributed by atoms with Crippen molar-refractivity contribution in [3.63, 3.8) is 0 Å². The Bertz CT molecular complexity index is 546. The number of benzene rings is 1. The standard InChI is InChI=1S/C13H12Cl2N2O/c1-18-13-4-2-3-10(17-13)8-16-9-5-6-11(14)12(15)7-9/h2-7,16H,8H2,1H3. The normalized spacial score (nSPS) is 10.2. The zero-order valence-electron chi connectivity index (χ0n) is 9.78. The molecule has 18 heavy (non-hydrogen) atoms. The fourth-order valence-corrected chi connectivity index (χ4v) is 1.77. The maximum absolute atomic E-state index is 5.94. The molecule has 0 aliphatic carbocycles. The third kappa shape index (κ3) is 3.28. The summed E-state index contributed by atoms with van der Waals surface area (Å²) in [7, 11) is 1.60. The third-order valence-corrected chi connectivity index (χ3v) is 3.12. The van der Waals surface area contributed by atoms with Crippen LogP contribution in [0.2, 0.25) is 10.0 Å². The van der Waals surface area contributed by atoms with Gasteiger partial charge in [-0.15, -0.1) is 0 Å². The Kier molecular flexibility index (Phi) is 4.28. The van der Waals surface area contributed by atoms with Crippen LogP contribution in [0, 0.1) is 0 Å². The van der Waals surface area contributed by atoms with Crippen LogP contribution in [0.5, 0.6) is 5.88 Å². The van der Waals surface area contributed by atoms with E-state index in [-0.39, 0.29) is 0 Å². The van der Waals surface area contributed by atoms with E-state index in [1.54, 1.807) is 19.2 Å². The maximum atomic E-state index is 5.94. The van der Waals surface area contributed by atoms with E-state index in [9.17, 15) is 0 Å². The summed E-state index contributed by atoms with van der Waals surface area (Å²) < 4.78 is 5.06. The zero-order chi connectivity index (χ0) is 13.0. The van der Waals surface area contributed by atoms with Crippen LogP contribution in [0.15, 0.2) is 36.4 Å².